The van der Waals surface area contributed by atoms with Gasteiger partial charge >= 0.3 is 0 Å². The molecule has 108 valence electrons. The summed E-state index contributed by atoms with van der Waals surface area (Å²) >= 11 is 5.15. The van der Waals surface area contributed by atoms with Gasteiger partial charge in [-0.3, -0.25) is 4.79 Å². The van der Waals surface area contributed by atoms with Gasteiger partial charge in [-0.2, -0.15) is 0 Å². The van der Waals surface area contributed by atoms with Crippen LogP contribution in [0, 0.1) is 12.8 Å². The second-order valence-corrected chi connectivity index (χ2v) is 5.93. The van der Waals surface area contributed by atoms with Gasteiger partial charge in [-0.05, 0) is 37.8 Å². The Morgan fingerprint density at radius 2 is 2.00 bits per heavy atom. The molecule has 1 amide bonds. The lowest BCUT2D eigenvalue weighted by Gasteiger charge is -2.34. The topological polar surface area (TPSA) is 72.3 Å². The van der Waals surface area contributed by atoms with Gasteiger partial charge in [-0.15, -0.1) is 0 Å². The average molecular weight is 291 g/mol. The number of aryl methyl sites for hydroxylation is 1. The van der Waals surface area contributed by atoms with Crippen LogP contribution in [0.1, 0.15) is 30.4 Å². The van der Waals surface area contributed by atoms with Crippen LogP contribution in [-0.2, 0) is 4.79 Å². The summed E-state index contributed by atoms with van der Waals surface area (Å²) in [5, 5.41) is 0. The summed E-state index contributed by atoms with van der Waals surface area (Å²) in [7, 11) is 0. The number of hydrogen-bond acceptors (Lipinski definition) is 3. The number of hydrogen-bond donors (Lipinski definition) is 2. The van der Waals surface area contributed by atoms with Gasteiger partial charge in [0.15, 0.2) is 0 Å². The molecule has 1 aromatic carbocycles. The number of amides is 1. The third kappa shape index (κ3) is 3.48. The van der Waals surface area contributed by atoms with E-state index in [9.17, 15) is 4.79 Å². The van der Waals surface area contributed by atoms with E-state index in [1.165, 1.54) is 0 Å². The van der Waals surface area contributed by atoms with Crippen molar-refractivity contribution in [1.82, 2.24) is 0 Å². The highest BCUT2D eigenvalue weighted by atomic mass is 32.1. The molecule has 4 N–H and O–H groups in total. The standard InChI is InChI=1S/C15H21N3OS/c1-10-2-3-13(12(8-10)15(17)20)18-6-4-11(5-7-18)9-14(16)19/h2-3,8,11H,4-7,9H2,1H3,(H2,16,19)(H2,17,20). The molecule has 0 bridgehead atoms. The maximum Gasteiger partial charge on any atom is 0.217 e. The van der Waals surface area contributed by atoms with Crippen LogP contribution in [-0.4, -0.2) is 24.0 Å². The number of piperidine rings is 1. The highest BCUT2D eigenvalue weighted by molar-refractivity contribution is 7.80. The van der Waals surface area contributed by atoms with E-state index in [4.69, 9.17) is 23.7 Å². The molecule has 1 aromatic rings. The maximum atomic E-state index is 11.0. The van der Waals surface area contributed by atoms with Crippen LogP contribution in [0.3, 0.4) is 0 Å². The highest BCUT2D eigenvalue weighted by Crippen LogP contribution is 2.28. The Kier molecular flexibility index (Phi) is 4.60. The molecule has 2 rings (SSSR count). The van der Waals surface area contributed by atoms with Crippen molar-refractivity contribution < 1.29 is 4.79 Å². The van der Waals surface area contributed by atoms with E-state index in [0.29, 0.717) is 17.3 Å². The molecule has 0 aromatic heterocycles. The van der Waals surface area contributed by atoms with Crippen molar-refractivity contribution in [3.05, 3.63) is 29.3 Å². The van der Waals surface area contributed by atoms with E-state index in [1.807, 2.05) is 13.0 Å². The third-order valence-corrected chi connectivity index (χ3v) is 4.08. The van der Waals surface area contributed by atoms with Crippen LogP contribution >= 0.6 is 12.2 Å². The van der Waals surface area contributed by atoms with Crippen molar-refractivity contribution in [3.8, 4) is 0 Å². The predicted octanol–water partition coefficient (Wildman–Crippen LogP) is 1.72. The number of nitrogens with two attached hydrogens (primary N) is 2. The van der Waals surface area contributed by atoms with E-state index >= 15 is 0 Å². The summed E-state index contributed by atoms with van der Waals surface area (Å²) in [6, 6.07) is 6.19. The fourth-order valence-electron chi connectivity index (χ4n) is 2.79. The van der Waals surface area contributed by atoms with Crippen LogP contribution in [0.2, 0.25) is 0 Å². The molecular weight excluding hydrogens is 270 g/mol. The number of nitrogens with zero attached hydrogens (tertiary/aromatic N) is 1. The normalized spacial score (nSPS) is 16.1. The van der Waals surface area contributed by atoms with Crippen molar-refractivity contribution in [1.29, 1.82) is 0 Å². The Hall–Kier alpha value is -1.62. The zero-order chi connectivity index (χ0) is 14.7. The molecule has 5 heteroatoms. The van der Waals surface area contributed by atoms with Crippen LogP contribution in [0.5, 0.6) is 0 Å². The quantitative estimate of drug-likeness (QED) is 0.829. The van der Waals surface area contributed by atoms with Crippen LogP contribution in [0.25, 0.3) is 0 Å². The first-order chi connectivity index (χ1) is 9.47. The summed E-state index contributed by atoms with van der Waals surface area (Å²) in [6.45, 7) is 3.86. The monoisotopic (exact) mass is 291 g/mol. The molecule has 1 saturated heterocycles. The van der Waals surface area contributed by atoms with E-state index in [0.717, 1.165) is 42.7 Å². The van der Waals surface area contributed by atoms with E-state index < -0.39 is 0 Å². The van der Waals surface area contributed by atoms with Gasteiger partial charge in [0.25, 0.3) is 0 Å². The summed E-state index contributed by atoms with van der Waals surface area (Å²) in [4.78, 5) is 13.7. The number of rotatable bonds is 4. The summed E-state index contributed by atoms with van der Waals surface area (Å²) in [5.74, 6) is 0.199. The van der Waals surface area contributed by atoms with E-state index in [1.54, 1.807) is 0 Å². The highest BCUT2D eigenvalue weighted by Gasteiger charge is 2.22. The van der Waals surface area contributed by atoms with Crippen LogP contribution in [0.4, 0.5) is 5.69 Å². The lowest BCUT2D eigenvalue weighted by atomic mass is 9.92. The van der Waals surface area contributed by atoms with Crippen LogP contribution in [0.15, 0.2) is 18.2 Å². The zero-order valence-electron chi connectivity index (χ0n) is 11.8. The minimum absolute atomic E-state index is 0.206. The summed E-state index contributed by atoms with van der Waals surface area (Å²) in [5.41, 5.74) is 14.3. The SMILES string of the molecule is Cc1ccc(N2CCC(CC(N)=O)CC2)c(C(N)=S)c1. The van der Waals surface area contributed by atoms with Crippen molar-refractivity contribution >= 4 is 28.8 Å². The third-order valence-electron chi connectivity index (χ3n) is 3.86. The van der Waals surface area contributed by atoms with Crippen molar-refractivity contribution in [2.24, 2.45) is 17.4 Å². The number of carbonyl (C=O) groups excluding carboxylic acids is 1. The molecule has 0 atom stereocenters. The van der Waals surface area contributed by atoms with Gasteiger partial charge < -0.3 is 16.4 Å². The molecule has 0 radical (unpaired) electrons. The predicted molar refractivity (Wildman–Crippen MR) is 85.8 cm³/mol. The first-order valence-electron chi connectivity index (χ1n) is 6.91. The van der Waals surface area contributed by atoms with Gasteiger partial charge in [0, 0.05) is 30.8 Å². The molecule has 1 aliphatic rings. The average Bonchev–Trinajstić information content (AvgIpc) is 2.39. The summed E-state index contributed by atoms with van der Waals surface area (Å²) < 4.78 is 0. The Bertz CT molecular complexity index is 522. The molecule has 1 heterocycles. The van der Waals surface area contributed by atoms with Gasteiger partial charge in [-0.1, -0.05) is 23.8 Å². The number of primary amides is 1. The number of thiocarbonyl (C=S) groups is 1. The molecule has 1 aliphatic heterocycles. The van der Waals surface area contributed by atoms with Crippen LogP contribution < -0.4 is 16.4 Å². The molecule has 0 aliphatic carbocycles. The van der Waals surface area contributed by atoms with Gasteiger partial charge in [-0.25, -0.2) is 0 Å². The second-order valence-electron chi connectivity index (χ2n) is 5.49. The van der Waals surface area contributed by atoms with Gasteiger partial charge in [0.05, 0.1) is 0 Å². The molecule has 20 heavy (non-hydrogen) atoms. The van der Waals surface area contributed by atoms with Crippen molar-refractivity contribution in [2.45, 2.75) is 26.2 Å². The van der Waals surface area contributed by atoms with E-state index in [2.05, 4.69) is 17.0 Å². The molecular formula is C15H21N3OS. The Labute approximate surface area is 125 Å². The largest absolute Gasteiger partial charge is 0.389 e. The number of anilines is 1. The second kappa shape index (κ2) is 6.22. The molecule has 4 nitrogen and oxygen atoms in total. The fraction of sp³-hybridized carbons (Fsp3) is 0.467. The molecule has 0 saturated carbocycles. The van der Waals surface area contributed by atoms with Gasteiger partial charge in [0.2, 0.25) is 5.91 Å². The zero-order valence-corrected chi connectivity index (χ0v) is 12.6. The maximum absolute atomic E-state index is 11.0. The molecule has 0 unspecified atom stereocenters. The first kappa shape index (κ1) is 14.8. The smallest absolute Gasteiger partial charge is 0.217 e. The lowest BCUT2D eigenvalue weighted by Crippen LogP contribution is -2.36. The van der Waals surface area contributed by atoms with E-state index in [-0.39, 0.29) is 5.91 Å². The number of carbonyl (C=O) groups is 1. The fourth-order valence-corrected chi connectivity index (χ4v) is 2.95. The molecule has 1 fully saturated rings. The van der Waals surface area contributed by atoms with Gasteiger partial charge in [0.1, 0.15) is 4.99 Å². The first-order valence-corrected chi connectivity index (χ1v) is 7.32. The Morgan fingerprint density at radius 1 is 1.35 bits per heavy atom. The lowest BCUT2D eigenvalue weighted by molar-refractivity contribution is -0.119. The summed E-state index contributed by atoms with van der Waals surface area (Å²) in [6.07, 6.45) is 2.45. The Balaban J connectivity index is 2.11. The van der Waals surface area contributed by atoms with Crippen molar-refractivity contribution in [2.75, 3.05) is 18.0 Å². The molecule has 0 spiro atoms. The van der Waals surface area contributed by atoms with Crippen molar-refractivity contribution in [3.63, 3.8) is 0 Å². The minimum atomic E-state index is -0.206. The minimum Gasteiger partial charge on any atom is -0.389 e. The number of benzene rings is 1. The Morgan fingerprint density at radius 3 is 2.55 bits per heavy atom.